The Hall–Kier alpha value is -0.120. The Balaban J connectivity index is 1.89. The number of nitrogens with two attached hydrogens (primary N) is 1. The Kier molecular flexibility index (Phi) is 3.81. The van der Waals surface area contributed by atoms with Crippen LogP contribution in [0.2, 0.25) is 0 Å². The predicted molar refractivity (Wildman–Crippen MR) is 70.9 cm³/mol. The van der Waals surface area contributed by atoms with E-state index in [-0.39, 0.29) is 11.1 Å². The molecular weight excluding hydrogens is 212 g/mol. The molecule has 1 aliphatic carbocycles. The summed E-state index contributed by atoms with van der Waals surface area (Å²) in [4.78, 5) is 0. The van der Waals surface area contributed by atoms with E-state index in [1.807, 2.05) is 0 Å². The van der Waals surface area contributed by atoms with Gasteiger partial charge in [-0.2, -0.15) is 0 Å². The van der Waals surface area contributed by atoms with E-state index in [4.69, 9.17) is 10.5 Å². The highest BCUT2D eigenvalue weighted by Gasteiger charge is 2.40. The van der Waals surface area contributed by atoms with Crippen molar-refractivity contribution < 1.29 is 4.74 Å². The van der Waals surface area contributed by atoms with Gasteiger partial charge in [0.15, 0.2) is 0 Å². The molecule has 1 saturated heterocycles. The molecule has 2 rings (SSSR count). The van der Waals surface area contributed by atoms with Crippen molar-refractivity contribution in [1.82, 2.24) is 5.32 Å². The standard InChI is InChI=1S/C14H28N2O/c1-11(12-4-5-12)8-16-14(10-15)6-7-17-13(2,3)9-14/h11-12,16H,4-10,15H2,1-3H3. The number of ether oxygens (including phenoxy) is 1. The second-order valence-corrected chi connectivity index (χ2v) is 6.71. The van der Waals surface area contributed by atoms with E-state index in [2.05, 4.69) is 26.1 Å². The Labute approximate surface area is 105 Å². The quantitative estimate of drug-likeness (QED) is 0.771. The van der Waals surface area contributed by atoms with Gasteiger partial charge in [-0.25, -0.2) is 0 Å². The Morgan fingerprint density at radius 1 is 1.41 bits per heavy atom. The molecule has 100 valence electrons. The van der Waals surface area contributed by atoms with Gasteiger partial charge < -0.3 is 15.8 Å². The fourth-order valence-corrected chi connectivity index (χ4v) is 3.08. The number of hydrogen-bond acceptors (Lipinski definition) is 3. The van der Waals surface area contributed by atoms with Gasteiger partial charge in [0.25, 0.3) is 0 Å². The lowest BCUT2D eigenvalue weighted by molar-refractivity contribution is -0.0863. The van der Waals surface area contributed by atoms with E-state index in [0.717, 1.165) is 44.4 Å². The Bertz CT molecular complexity index is 263. The molecule has 0 aromatic carbocycles. The average Bonchev–Trinajstić information content (AvgIpc) is 3.08. The summed E-state index contributed by atoms with van der Waals surface area (Å²) in [7, 11) is 0. The van der Waals surface area contributed by atoms with Gasteiger partial charge in [-0.3, -0.25) is 0 Å². The predicted octanol–water partition coefficient (Wildman–Crippen LogP) is 1.91. The molecule has 0 spiro atoms. The second kappa shape index (κ2) is 4.87. The van der Waals surface area contributed by atoms with Crippen molar-refractivity contribution in [2.24, 2.45) is 17.6 Å². The molecular formula is C14H28N2O. The van der Waals surface area contributed by atoms with Crippen LogP contribution in [-0.4, -0.2) is 30.8 Å². The molecule has 17 heavy (non-hydrogen) atoms. The van der Waals surface area contributed by atoms with Crippen LogP contribution >= 0.6 is 0 Å². The molecule has 0 bridgehead atoms. The first kappa shape index (κ1) is 13.3. The molecule has 2 fully saturated rings. The Morgan fingerprint density at radius 3 is 2.65 bits per heavy atom. The smallest absolute Gasteiger partial charge is 0.0644 e. The Morgan fingerprint density at radius 2 is 2.12 bits per heavy atom. The van der Waals surface area contributed by atoms with Crippen LogP contribution < -0.4 is 11.1 Å². The van der Waals surface area contributed by atoms with Gasteiger partial charge in [-0.1, -0.05) is 6.92 Å². The van der Waals surface area contributed by atoms with E-state index in [1.54, 1.807) is 0 Å². The lowest BCUT2D eigenvalue weighted by Gasteiger charge is -2.45. The summed E-state index contributed by atoms with van der Waals surface area (Å²) < 4.78 is 5.79. The van der Waals surface area contributed by atoms with Gasteiger partial charge in [0, 0.05) is 18.7 Å². The van der Waals surface area contributed by atoms with Crippen LogP contribution in [0.1, 0.15) is 46.5 Å². The van der Waals surface area contributed by atoms with Gasteiger partial charge >= 0.3 is 0 Å². The van der Waals surface area contributed by atoms with Gasteiger partial charge in [0.2, 0.25) is 0 Å². The van der Waals surface area contributed by atoms with Crippen LogP contribution in [0.15, 0.2) is 0 Å². The zero-order chi connectivity index (χ0) is 12.5. The van der Waals surface area contributed by atoms with Crippen molar-refractivity contribution in [3.63, 3.8) is 0 Å². The molecule has 0 aromatic heterocycles. The van der Waals surface area contributed by atoms with Crippen molar-refractivity contribution in [3.8, 4) is 0 Å². The minimum atomic E-state index is -0.0343. The van der Waals surface area contributed by atoms with E-state index < -0.39 is 0 Å². The number of nitrogens with one attached hydrogen (secondary N) is 1. The lowest BCUT2D eigenvalue weighted by Crippen LogP contribution is -2.59. The summed E-state index contributed by atoms with van der Waals surface area (Å²) in [5.74, 6) is 1.76. The molecule has 0 aromatic rings. The fraction of sp³-hybridized carbons (Fsp3) is 1.00. The van der Waals surface area contributed by atoms with Gasteiger partial charge in [-0.15, -0.1) is 0 Å². The molecule has 2 unspecified atom stereocenters. The highest BCUT2D eigenvalue weighted by atomic mass is 16.5. The van der Waals surface area contributed by atoms with Crippen molar-refractivity contribution in [1.29, 1.82) is 0 Å². The second-order valence-electron chi connectivity index (χ2n) is 6.71. The number of rotatable bonds is 5. The third-order valence-electron chi connectivity index (χ3n) is 4.45. The maximum Gasteiger partial charge on any atom is 0.0644 e. The van der Waals surface area contributed by atoms with Gasteiger partial charge in [0.05, 0.1) is 5.60 Å². The SMILES string of the molecule is CC(CNC1(CN)CCOC(C)(C)C1)C1CC1. The first-order valence-electron chi connectivity index (χ1n) is 7.05. The topological polar surface area (TPSA) is 47.3 Å². The zero-order valence-corrected chi connectivity index (χ0v) is 11.6. The highest BCUT2D eigenvalue weighted by molar-refractivity contribution is 4.98. The molecule has 0 radical (unpaired) electrons. The molecule has 1 heterocycles. The van der Waals surface area contributed by atoms with Crippen molar-refractivity contribution in [3.05, 3.63) is 0 Å². The first-order chi connectivity index (χ1) is 7.96. The molecule has 1 saturated carbocycles. The maximum atomic E-state index is 6.02. The van der Waals surface area contributed by atoms with Crippen LogP contribution in [0.5, 0.6) is 0 Å². The average molecular weight is 240 g/mol. The minimum absolute atomic E-state index is 0.0343. The molecule has 2 atom stereocenters. The summed E-state index contributed by atoms with van der Waals surface area (Å²) >= 11 is 0. The van der Waals surface area contributed by atoms with Crippen LogP contribution in [0.4, 0.5) is 0 Å². The van der Waals surface area contributed by atoms with Crippen molar-refractivity contribution in [2.45, 2.75) is 57.6 Å². The third kappa shape index (κ3) is 3.43. The van der Waals surface area contributed by atoms with Crippen LogP contribution in [0.3, 0.4) is 0 Å². The van der Waals surface area contributed by atoms with E-state index in [0.29, 0.717) is 0 Å². The summed E-state index contributed by atoms with van der Waals surface area (Å²) in [6, 6.07) is 0. The largest absolute Gasteiger partial charge is 0.375 e. The minimum Gasteiger partial charge on any atom is -0.375 e. The van der Waals surface area contributed by atoms with E-state index in [1.165, 1.54) is 12.8 Å². The normalized spacial score (nSPS) is 34.6. The molecule has 1 aliphatic heterocycles. The lowest BCUT2D eigenvalue weighted by atomic mass is 9.81. The van der Waals surface area contributed by atoms with Gasteiger partial charge in [0.1, 0.15) is 0 Å². The summed E-state index contributed by atoms with van der Waals surface area (Å²) in [5.41, 5.74) is 6.09. The molecule has 0 amide bonds. The zero-order valence-electron chi connectivity index (χ0n) is 11.6. The highest BCUT2D eigenvalue weighted by Crippen LogP contribution is 2.37. The fourth-order valence-electron chi connectivity index (χ4n) is 3.08. The monoisotopic (exact) mass is 240 g/mol. The van der Waals surface area contributed by atoms with Crippen LogP contribution in [0.25, 0.3) is 0 Å². The summed E-state index contributed by atoms with van der Waals surface area (Å²) in [6.07, 6.45) is 4.92. The third-order valence-corrected chi connectivity index (χ3v) is 4.45. The van der Waals surface area contributed by atoms with Gasteiger partial charge in [-0.05, 0) is 57.9 Å². The summed E-state index contributed by atoms with van der Waals surface area (Å²) in [6.45, 7) is 9.36. The number of hydrogen-bond donors (Lipinski definition) is 2. The molecule has 3 heteroatoms. The van der Waals surface area contributed by atoms with Crippen LogP contribution in [0, 0.1) is 11.8 Å². The molecule has 2 aliphatic rings. The van der Waals surface area contributed by atoms with E-state index in [9.17, 15) is 0 Å². The molecule has 3 nitrogen and oxygen atoms in total. The van der Waals surface area contributed by atoms with E-state index >= 15 is 0 Å². The van der Waals surface area contributed by atoms with Crippen molar-refractivity contribution in [2.75, 3.05) is 19.7 Å². The van der Waals surface area contributed by atoms with Crippen molar-refractivity contribution >= 4 is 0 Å². The summed E-state index contributed by atoms with van der Waals surface area (Å²) in [5, 5.41) is 3.76. The van der Waals surface area contributed by atoms with Crippen LogP contribution in [-0.2, 0) is 4.74 Å². The first-order valence-corrected chi connectivity index (χ1v) is 7.05. The molecule has 3 N–H and O–H groups in total. The maximum absolute atomic E-state index is 6.02.